The Balaban J connectivity index is 2.49. The number of halogens is 1. The zero-order valence-corrected chi connectivity index (χ0v) is 22.2. The molecule has 0 aromatic heterocycles. The van der Waals surface area contributed by atoms with Gasteiger partial charge in [0.05, 0.1) is 12.8 Å². The van der Waals surface area contributed by atoms with Gasteiger partial charge in [0.15, 0.2) is 0 Å². The van der Waals surface area contributed by atoms with Crippen LogP contribution in [0.15, 0.2) is 48.5 Å². The lowest BCUT2D eigenvalue weighted by atomic mass is 10.1. The Morgan fingerprint density at radius 2 is 1.75 bits per heavy atom. The predicted molar refractivity (Wildman–Crippen MR) is 137 cm³/mol. The summed E-state index contributed by atoms with van der Waals surface area (Å²) in [5.41, 5.74) is 0.844. The van der Waals surface area contributed by atoms with E-state index in [0.29, 0.717) is 24.3 Å². The van der Waals surface area contributed by atoms with Crippen molar-refractivity contribution < 1.29 is 27.1 Å². The van der Waals surface area contributed by atoms with Crippen LogP contribution >= 0.6 is 0 Å². The molecule has 2 rings (SSSR count). The highest BCUT2D eigenvalue weighted by molar-refractivity contribution is 7.90. The first-order valence-corrected chi connectivity index (χ1v) is 13.1. The molecule has 0 fully saturated rings. The summed E-state index contributed by atoms with van der Waals surface area (Å²) in [5.74, 6) is -0.845. The van der Waals surface area contributed by atoms with Crippen LogP contribution in [0.25, 0.3) is 0 Å². The molecule has 198 valence electrons. The topological polar surface area (TPSA) is 99.3 Å². The van der Waals surface area contributed by atoms with Gasteiger partial charge in [-0.05, 0) is 54.8 Å². The number of benzene rings is 2. The standard InChI is InChI=1S/C25H35FN4O5S/c1-6-15-27-25(32)23(7-2)29(17-19-9-8-10-22(16-19)35-5)24(31)18-30(36(33,34)28(3)4)21-13-11-20(26)12-14-21/h8-14,16,23H,6-7,15,17-18H2,1-5H3,(H,27,32)/t23-/m1/s1. The van der Waals surface area contributed by atoms with Gasteiger partial charge in [0.1, 0.15) is 24.2 Å². The number of methoxy groups -OCH3 is 1. The average molecular weight is 523 g/mol. The molecule has 0 aliphatic heterocycles. The molecular formula is C25H35FN4O5S. The van der Waals surface area contributed by atoms with Crippen molar-refractivity contribution in [2.75, 3.05) is 38.6 Å². The van der Waals surface area contributed by atoms with Crippen molar-refractivity contribution in [2.45, 2.75) is 39.3 Å². The van der Waals surface area contributed by atoms with E-state index in [1.54, 1.807) is 31.2 Å². The fourth-order valence-electron chi connectivity index (χ4n) is 3.58. The van der Waals surface area contributed by atoms with Crippen LogP contribution in [0.1, 0.15) is 32.3 Å². The smallest absolute Gasteiger partial charge is 0.304 e. The summed E-state index contributed by atoms with van der Waals surface area (Å²) in [6.07, 6.45) is 1.05. The van der Waals surface area contributed by atoms with E-state index >= 15 is 0 Å². The van der Waals surface area contributed by atoms with Crippen LogP contribution in [0, 0.1) is 5.82 Å². The second kappa shape index (κ2) is 13.2. The summed E-state index contributed by atoms with van der Waals surface area (Å²) in [4.78, 5) is 28.1. The molecule has 0 radical (unpaired) electrons. The van der Waals surface area contributed by atoms with Crippen molar-refractivity contribution in [3.05, 3.63) is 59.9 Å². The van der Waals surface area contributed by atoms with Crippen molar-refractivity contribution in [2.24, 2.45) is 0 Å². The SMILES string of the molecule is CCCNC(=O)[C@@H](CC)N(Cc1cccc(OC)c1)C(=O)CN(c1ccc(F)cc1)S(=O)(=O)N(C)C. The number of amides is 2. The molecule has 2 aromatic carbocycles. The van der Waals surface area contributed by atoms with Gasteiger partial charge < -0.3 is 15.0 Å². The van der Waals surface area contributed by atoms with Gasteiger partial charge in [0.2, 0.25) is 11.8 Å². The summed E-state index contributed by atoms with van der Waals surface area (Å²) in [6.45, 7) is 3.65. The molecule has 1 N–H and O–H groups in total. The number of hydrogen-bond acceptors (Lipinski definition) is 5. The van der Waals surface area contributed by atoms with E-state index < -0.39 is 34.5 Å². The first-order chi connectivity index (χ1) is 17.0. The Labute approximate surface area is 213 Å². The van der Waals surface area contributed by atoms with Crippen molar-refractivity contribution in [3.8, 4) is 5.75 Å². The zero-order valence-electron chi connectivity index (χ0n) is 21.4. The number of anilines is 1. The number of hydrogen-bond donors (Lipinski definition) is 1. The van der Waals surface area contributed by atoms with Crippen LogP contribution in [-0.4, -0.2) is 69.8 Å². The highest BCUT2D eigenvalue weighted by atomic mass is 32.2. The third-order valence-electron chi connectivity index (χ3n) is 5.56. The maximum Gasteiger partial charge on any atom is 0.304 e. The van der Waals surface area contributed by atoms with Crippen molar-refractivity contribution in [1.82, 2.24) is 14.5 Å². The van der Waals surface area contributed by atoms with Gasteiger partial charge in [0, 0.05) is 27.2 Å². The summed E-state index contributed by atoms with van der Waals surface area (Å²) in [7, 11) is 0.111. The first kappa shape index (κ1) is 29.1. The Morgan fingerprint density at radius 1 is 1.08 bits per heavy atom. The van der Waals surface area contributed by atoms with E-state index in [1.165, 1.54) is 38.2 Å². The van der Waals surface area contributed by atoms with E-state index in [4.69, 9.17) is 4.74 Å². The fourth-order valence-corrected chi connectivity index (χ4v) is 4.63. The molecular weight excluding hydrogens is 487 g/mol. The molecule has 0 unspecified atom stereocenters. The zero-order chi connectivity index (χ0) is 26.9. The molecule has 2 amide bonds. The third kappa shape index (κ3) is 7.41. The monoisotopic (exact) mass is 522 g/mol. The van der Waals surface area contributed by atoms with E-state index in [2.05, 4.69) is 5.32 Å². The van der Waals surface area contributed by atoms with Crippen molar-refractivity contribution in [3.63, 3.8) is 0 Å². The molecule has 0 heterocycles. The normalized spacial score (nSPS) is 12.2. The van der Waals surface area contributed by atoms with Crippen molar-refractivity contribution in [1.29, 1.82) is 0 Å². The van der Waals surface area contributed by atoms with Gasteiger partial charge in [-0.1, -0.05) is 26.0 Å². The molecule has 9 nitrogen and oxygen atoms in total. The predicted octanol–water partition coefficient (Wildman–Crippen LogP) is 2.78. The minimum Gasteiger partial charge on any atom is -0.497 e. The van der Waals surface area contributed by atoms with E-state index in [-0.39, 0.29) is 18.1 Å². The van der Waals surface area contributed by atoms with Crippen molar-refractivity contribution >= 4 is 27.7 Å². The molecule has 11 heteroatoms. The van der Waals surface area contributed by atoms with E-state index in [0.717, 1.165) is 27.2 Å². The van der Waals surface area contributed by atoms with Crippen LogP contribution in [0.4, 0.5) is 10.1 Å². The number of nitrogens with one attached hydrogen (secondary N) is 1. The minimum absolute atomic E-state index is 0.0629. The molecule has 0 aliphatic carbocycles. The van der Waals surface area contributed by atoms with Gasteiger partial charge in [-0.25, -0.2) is 8.70 Å². The number of carbonyl (C=O) groups excluding carboxylic acids is 2. The summed E-state index contributed by atoms with van der Waals surface area (Å²) < 4.78 is 46.9. The highest BCUT2D eigenvalue weighted by Gasteiger charge is 2.33. The molecule has 0 saturated heterocycles. The van der Waals surface area contributed by atoms with Crippen LogP contribution in [0.3, 0.4) is 0 Å². The number of ether oxygens (including phenoxy) is 1. The molecule has 0 aliphatic rings. The van der Waals surface area contributed by atoms with Gasteiger partial charge in [0.25, 0.3) is 0 Å². The molecule has 2 aromatic rings. The number of nitrogens with zero attached hydrogens (tertiary/aromatic N) is 3. The average Bonchev–Trinajstić information content (AvgIpc) is 2.86. The second-order valence-electron chi connectivity index (χ2n) is 8.36. The summed E-state index contributed by atoms with van der Waals surface area (Å²) in [5, 5.41) is 2.83. The highest BCUT2D eigenvalue weighted by Crippen LogP contribution is 2.22. The number of rotatable bonds is 13. The molecule has 0 bridgehead atoms. The Kier molecular flexibility index (Phi) is 10.7. The molecule has 0 saturated carbocycles. The van der Waals surface area contributed by atoms with E-state index in [9.17, 15) is 22.4 Å². The molecule has 36 heavy (non-hydrogen) atoms. The fraction of sp³-hybridized carbons (Fsp3) is 0.440. The summed E-state index contributed by atoms with van der Waals surface area (Å²) in [6, 6.07) is 11.1. The molecule has 0 spiro atoms. The quantitative estimate of drug-likeness (QED) is 0.436. The Hall–Kier alpha value is -3.18. The van der Waals surface area contributed by atoms with Gasteiger partial charge in [-0.15, -0.1) is 0 Å². The van der Waals surface area contributed by atoms with Crippen LogP contribution in [-0.2, 0) is 26.3 Å². The summed E-state index contributed by atoms with van der Waals surface area (Å²) >= 11 is 0. The number of carbonyl (C=O) groups is 2. The minimum atomic E-state index is -4.11. The van der Waals surface area contributed by atoms with Crippen LogP contribution in [0.5, 0.6) is 5.75 Å². The van der Waals surface area contributed by atoms with Gasteiger partial charge >= 0.3 is 10.2 Å². The Bertz CT molecular complexity index is 1130. The lowest BCUT2D eigenvalue weighted by Gasteiger charge is -2.34. The first-order valence-electron chi connectivity index (χ1n) is 11.7. The van der Waals surface area contributed by atoms with Gasteiger partial charge in [-0.3, -0.25) is 9.59 Å². The Morgan fingerprint density at radius 3 is 2.31 bits per heavy atom. The largest absolute Gasteiger partial charge is 0.497 e. The second-order valence-corrected chi connectivity index (χ2v) is 10.4. The lowest BCUT2D eigenvalue weighted by Crippen LogP contribution is -2.53. The lowest BCUT2D eigenvalue weighted by molar-refractivity contribution is -0.140. The maximum atomic E-state index is 13.7. The third-order valence-corrected chi connectivity index (χ3v) is 7.38. The molecule has 1 atom stereocenters. The van der Waals surface area contributed by atoms with E-state index in [1.807, 2.05) is 6.92 Å². The van der Waals surface area contributed by atoms with Gasteiger partial charge in [-0.2, -0.15) is 12.7 Å². The maximum absolute atomic E-state index is 13.7. The van der Waals surface area contributed by atoms with Crippen LogP contribution < -0.4 is 14.4 Å². The van der Waals surface area contributed by atoms with Crippen LogP contribution in [0.2, 0.25) is 0 Å².